The zero-order chi connectivity index (χ0) is 18.7. The Morgan fingerprint density at radius 3 is 2.50 bits per heavy atom. The number of ether oxygens (including phenoxy) is 2. The number of hydrogen-bond acceptors (Lipinski definition) is 5. The van der Waals surface area contributed by atoms with E-state index in [1.54, 1.807) is 38.3 Å². The Labute approximate surface area is 151 Å². The molecule has 7 heteroatoms. The summed E-state index contributed by atoms with van der Waals surface area (Å²) >= 11 is 0. The van der Waals surface area contributed by atoms with Crippen LogP contribution < -0.4 is 14.8 Å². The van der Waals surface area contributed by atoms with E-state index in [2.05, 4.69) is 5.32 Å². The molecule has 1 fully saturated rings. The number of carbonyl (C=O) groups is 1. The Kier molecular flexibility index (Phi) is 5.06. The Morgan fingerprint density at radius 1 is 1.23 bits per heavy atom. The van der Waals surface area contributed by atoms with Gasteiger partial charge in [0.05, 0.1) is 12.0 Å². The quantitative estimate of drug-likeness (QED) is 0.607. The van der Waals surface area contributed by atoms with Gasteiger partial charge in [-0.25, -0.2) is 0 Å². The molecule has 0 saturated heterocycles. The van der Waals surface area contributed by atoms with E-state index >= 15 is 0 Å². The minimum atomic E-state index is -0.700. The molecule has 7 nitrogen and oxygen atoms in total. The van der Waals surface area contributed by atoms with Gasteiger partial charge in [-0.1, -0.05) is 12.1 Å². The van der Waals surface area contributed by atoms with Gasteiger partial charge < -0.3 is 14.8 Å². The van der Waals surface area contributed by atoms with E-state index < -0.39 is 11.0 Å². The third-order valence-corrected chi connectivity index (χ3v) is 4.17. The van der Waals surface area contributed by atoms with Crippen molar-refractivity contribution in [2.24, 2.45) is 0 Å². The van der Waals surface area contributed by atoms with Gasteiger partial charge >= 0.3 is 0 Å². The fourth-order valence-electron chi connectivity index (χ4n) is 2.52. The molecule has 3 rings (SSSR count). The largest absolute Gasteiger partial charge is 0.497 e. The van der Waals surface area contributed by atoms with E-state index in [9.17, 15) is 14.9 Å². The molecule has 0 heterocycles. The number of rotatable bonds is 7. The summed E-state index contributed by atoms with van der Waals surface area (Å²) < 4.78 is 11.0. The molecule has 26 heavy (non-hydrogen) atoms. The van der Waals surface area contributed by atoms with Crippen LogP contribution in [0, 0.1) is 10.1 Å². The van der Waals surface area contributed by atoms with Gasteiger partial charge in [-0.3, -0.25) is 14.9 Å². The van der Waals surface area contributed by atoms with Gasteiger partial charge in [0, 0.05) is 23.7 Å². The summed E-state index contributed by atoms with van der Waals surface area (Å²) in [6, 6.07) is 11.7. The van der Waals surface area contributed by atoms with Crippen LogP contribution in [-0.2, 0) is 4.79 Å². The van der Waals surface area contributed by atoms with Gasteiger partial charge in [-0.2, -0.15) is 0 Å². The molecule has 1 saturated carbocycles. The molecule has 0 aliphatic heterocycles. The van der Waals surface area contributed by atoms with Crippen LogP contribution in [0.1, 0.15) is 19.8 Å². The SMILES string of the molecule is COc1ccc(-c2cc([N+](=O)[O-])ccc2O[C@H](C)C(=O)NC2CC2)cc1. The summed E-state index contributed by atoms with van der Waals surface area (Å²) in [5.41, 5.74) is 1.24. The van der Waals surface area contributed by atoms with Gasteiger partial charge in [0.15, 0.2) is 6.10 Å². The first-order valence-electron chi connectivity index (χ1n) is 8.38. The van der Waals surface area contributed by atoms with Crippen LogP contribution in [0.25, 0.3) is 11.1 Å². The number of nitrogens with one attached hydrogen (secondary N) is 1. The summed E-state index contributed by atoms with van der Waals surface area (Å²) in [7, 11) is 1.57. The van der Waals surface area contributed by atoms with Crippen LogP contribution in [0.5, 0.6) is 11.5 Å². The first-order chi connectivity index (χ1) is 12.5. The van der Waals surface area contributed by atoms with Crippen LogP contribution >= 0.6 is 0 Å². The molecule has 0 spiro atoms. The van der Waals surface area contributed by atoms with Crippen LogP contribution in [-0.4, -0.2) is 30.1 Å². The highest BCUT2D eigenvalue weighted by molar-refractivity contribution is 5.82. The number of nitrogens with zero attached hydrogens (tertiary/aromatic N) is 1. The lowest BCUT2D eigenvalue weighted by Gasteiger charge is -2.17. The molecule has 136 valence electrons. The molecule has 1 N–H and O–H groups in total. The number of nitro benzene ring substituents is 1. The maximum absolute atomic E-state index is 12.1. The van der Waals surface area contributed by atoms with Crippen molar-refractivity contribution in [3.05, 3.63) is 52.6 Å². The topological polar surface area (TPSA) is 90.7 Å². The van der Waals surface area contributed by atoms with Gasteiger partial charge in [-0.15, -0.1) is 0 Å². The summed E-state index contributed by atoms with van der Waals surface area (Å²) in [6.45, 7) is 1.66. The molecule has 2 aromatic rings. The third kappa shape index (κ3) is 4.11. The number of methoxy groups -OCH3 is 1. The van der Waals surface area contributed by atoms with Crippen molar-refractivity contribution >= 4 is 11.6 Å². The summed E-state index contributed by atoms with van der Waals surface area (Å²) in [5.74, 6) is 0.907. The molecule has 0 unspecified atom stereocenters. The van der Waals surface area contributed by atoms with Crippen molar-refractivity contribution < 1.29 is 19.2 Å². The number of amides is 1. The Balaban J connectivity index is 1.89. The van der Waals surface area contributed by atoms with Crippen LogP contribution in [0.15, 0.2) is 42.5 Å². The Bertz CT molecular complexity index is 815. The fourth-order valence-corrected chi connectivity index (χ4v) is 2.52. The van der Waals surface area contributed by atoms with E-state index in [0.717, 1.165) is 18.4 Å². The second-order valence-corrected chi connectivity index (χ2v) is 6.21. The lowest BCUT2D eigenvalue weighted by Crippen LogP contribution is -2.37. The van der Waals surface area contributed by atoms with Crippen molar-refractivity contribution in [3.63, 3.8) is 0 Å². The monoisotopic (exact) mass is 356 g/mol. The lowest BCUT2D eigenvalue weighted by molar-refractivity contribution is -0.384. The first kappa shape index (κ1) is 17.7. The summed E-state index contributed by atoms with van der Waals surface area (Å²) in [4.78, 5) is 22.8. The highest BCUT2D eigenvalue weighted by atomic mass is 16.6. The lowest BCUT2D eigenvalue weighted by atomic mass is 10.0. The number of benzene rings is 2. The highest BCUT2D eigenvalue weighted by Crippen LogP contribution is 2.35. The molecule has 1 amide bonds. The van der Waals surface area contributed by atoms with Crippen LogP contribution in [0.4, 0.5) is 5.69 Å². The molecule has 0 radical (unpaired) electrons. The smallest absolute Gasteiger partial charge is 0.270 e. The average Bonchev–Trinajstić information content (AvgIpc) is 3.46. The van der Waals surface area contributed by atoms with E-state index in [1.165, 1.54) is 18.2 Å². The number of carbonyl (C=O) groups excluding carboxylic acids is 1. The zero-order valence-electron chi connectivity index (χ0n) is 14.6. The number of hydrogen-bond donors (Lipinski definition) is 1. The van der Waals surface area contributed by atoms with Gasteiger partial charge in [0.2, 0.25) is 0 Å². The maximum Gasteiger partial charge on any atom is 0.270 e. The van der Waals surface area contributed by atoms with E-state index in [4.69, 9.17) is 9.47 Å². The number of nitro groups is 1. The minimum absolute atomic E-state index is 0.0433. The van der Waals surface area contributed by atoms with Crippen LogP contribution in [0.2, 0.25) is 0 Å². The van der Waals surface area contributed by atoms with E-state index in [0.29, 0.717) is 17.1 Å². The predicted octanol–water partition coefficient (Wildman–Crippen LogP) is 3.32. The number of non-ortho nitro benzene ring substituents is 1. The highest BCUT2D eigenvalue weighted by Gasteiger charge is 2.27. The van der Waals surface area contributed by atoms with Crippen molar-refractivity contribution in [1.82, 2.24) is 5.32 Å². The van der Waals surface area contributed by atoms with Crippen molar-refractivity contribution in [2.75, 3.05) is 7.11 Å². The summed E-state index contributed by atoms with van der Waals surface area (Å²) in [6.07, 6.45) is 1.29. The zero-order valence-corrected chi connectivity index (χ0v) is 14.6. The third-order valence-electron chi connectivity index (χ3n) is 4.17. The second kappa shape index (κ2) is 7.43. The molecule has 2 aromatic carbocycles. The molecule has 1 aliphatic rings. The van der Waals surface area contributed by atoms with Crippen LogP contribution in [0.3, 0.4) is 0 Å². The molecular weight excluding hydrogens is 336 g/mol. The molecule has 0 bridgehead atoms. The van der Waals surface area contributed by atoms with Gasteiger partial charge in [-0.05, 0) is 43.5 Å². The second-order valence-electron chi connectivity index (χ2n) is 6.21. The average molecular weight is 356 g/mol. The Morgan fingerprint density at radius 2 is 1.92 bits per heavy atom. The molecule has 1 aliphatic carbocycles. The molecule has 0 aromatic heterocycles. The molecule has 1 atom stereocenters. The van der Waals surface area contributed by atoms with Gasteiger partial charge in [0.1, 0.15) is 11.5 Å². The predicted molar refractivity (Wildman–Crippen MR) is 96.3 cm³/mol. The Hall–Kier alpha value is -3.09. The van der Waals surface area contributed by atoms with E-state index in [-0.39, 0.29) is 17.6 Å². The van der Waals surface area contributed by atoms with Gasteiger partial charge in [0.25, 0.3) is 11.6 Å². The van der Waals surface area contributed by atoms with Crippen molar-refractivity contribution in [2.45, 2.75) is 31.9 Å². The minimum Gasteiger partial charge on any atom is -0.497 e. The van der Waals surface area contributed by atoms with Crippen molar-refractivity contribution in [3.8, 4) is 22.6 Å². The first-order valence-corrected chi connectivity index (χ1v) is 8.38. The summed E-state index contributed by atoms with van der Waals surface area (Å²) in [5, 5.41) is 14.0. The maximum atomic E-state index is 12.1. The normalized spacial score (nSPS) is 14.4. The standard InChI is InChI=1S/C19H20N2O5/c1-12(19(22)20-14-5-6-14)26-18-10-7-15(21(23)24)11-17(18)13-3-8-16(25-2)9-4-13/h3-4,7-12,14H,5-6H2,1-2H3,(H,20,22)/t12-/m1/s1. The van der Waals surface area contributed by atoms with E-state index in [1.807, 2.05) is 0 Å². The fraction of sp³-hybridized carbons (Fsp3) is 0.316. The van der Waals surface area contributed by atoms with Crippen molar-refractivity contribution in [1.29, 1.82) is 0 Å². The molecular formula is C19H20N2O5.